The third-order valence-corrected chi connectivity index (χ3v) is 9.09. The zero-order valence-corrected chi connectivity index (χ0v) is 27.7. The highest BCUT2D eigenvalue weighted by molar-refractivity contribution is 6.11. The Bertz CT molecular complexity index is 2160. The molecular weight excluding hydrogens is 636 g/mol. The van der Waals surface area contributed by atoms with Gasteiger partial charge in [-0.15, -0.1) is 0 Å². The van der Waals surface area contributed by atoms with Crippen LogP contribution in [-0.4, -0.2) is 58.2 Å². The molecule has 0 bridgehead atoms. The molecule has 1 saturated heterocycles. The number of rotatable bonds is 8. The van der Waals surface area contributed by atoms with E-state index in [1.54, 1.807) is 38.1 Å². The number of esters is 1. The van der Waals surface area contributed by atoms with Gasteiger partial charge < -0.3 is 9.64 Å². The Hall–Kier alpha value is -5.74. The lowest BCUT2D eigenvalue weighted by molar-refractivity contribution is 0.0526. The number of ether oxygens (including phenoxy) is 1. The number of anilines is 1. The van der Waals surface area contributed by atoms with Crippen molar-refractivity contribution in [3.63, 3.8) is 0 Å². The van der Waals surface area contributed by atoms with Crippen molar-refractivity contribution in [2.75, 3.05) is 37.7 Å². The normalized spacial score (nSPS) is 13.6. The summed E-state index contributed by atoms with van der Waals surface area (Å²) in [5, 5.41) is 0.565. The summed E-state index contributed by atoms with van der Waals surface area (Å²) >= 11 is 0. The highest BCUT2D eigenvalue weighted by Crippen LogP contribution is 2.39. The SMILES string of the molecule is CCOC(=O)c1c(C)nc2c(c(N3CCN(C(c4ccc(F)cc4)c4ccc(F)cc4)CC3)nc(=O)n2-c2ccccc2)c1-c1ccccc1. The van der Waals surface area contributed by atoms with Crippen LogP contribution in [0.3, 0.4) is 0 Å². The fraction of sp³-hybridized carbons (Fsp3) is 0.200. The second kappa shape index (κ2) is 14.0. The molecule has 0 atom stereocenters. The molecule has 1 aliphatic rings. The third kappa shape index (κ3) is 6.25. The third-order valence-electron chi connectivity index (χ3n) is 9.09. The molecule has 50 heavy (non-hydrogen) atoms. The van der Waals surface area contributed by atoms with Crippen molar-refractivity contribution in [1.29, 1.82) is 0 Å². The Morgan fingerprint density at radius 1 is 0.780 bits per heavy atom. The van der Waals surface area contributed by atoms with Gasteiger partial charge in [0.2, 0.25) is 0 Å². The minimum Gasteiger partial charge on any atom is -0.462 e. The van der Waals surface area contributed by atoms with Gasteiger partial charge in [-0.1, -0.05) is 72.8 Å². The minimum absolute atomic E-state index is 0.185. The van der Waals surface area contributed by atoms with Crippen LogP contribution in [0.5, 0.6) is 0 Å². The van der Waals surface area contributed by atoms with E-state index in [0.29, 0.717) is 65.5 Å². The van der Waals surface area contributed by atoms with Crippen LogP contribution in [0.1, 0.15) is 40.1 Å². The predicted molar refractivity (Wildman–Crippen MR) is 190 cm³/mol. The van der Waals surface area contributed by atoms with Crippen LogP contribution < -0.4 is 10.6 Å². The Labute approximate surface area is 288 Å². The van der Waals surface area contributed by atoms with Crippen LogP contribution >= 0.6 is 0 Å². The molecule has 7 rings (SSSR count). The van der Waals surface area contributed by atoms with Gasteiger partial charge in [-0.3, -0.25) is 4.90 Å². The Balaban J connectivity index is 1.38. The van der Waals surface area contributed by atoms with Gasteiger partial charge in [0.05, 0.1) is 35.0 Å². The van der Waals surface area contributed by atoms with E-state index in [4.69, 9.17) is 14.7 Å². The second-order valence-electron chi connectivity index (χ2n) is 12.1. The van der Waals surface area contributed by atoms with Crippen molar-refractivity contribution in [1.82, 2.24) is 19.4 Å². The number of fused-ring (bicyclic) bond motifs is 1. The zero-order chi connectivity index (χ0) is 34.8. The molecule has 0 radical (unpaired) electrons. The number of pyridine rings is 1. The molecule has 1 aliphatic heterocycles. The van der Waals surface area contributed by atoms with Crippen molar-refractivity contribution in [2.45, 2.75) is 19.9 Å². The van der Waals surface area contributed by atoms with Gasteiger partial charge in [0, 0.05) is 31.7 Å². The Morgan fingerprint density at radius 2 is 1.34 bits per heavy atom. The molecule has 1 fully saturated rings. The number of hydrogen-bond donors (Lipinski definition) is 0. The smallest absolute Gasteiger partial charge is 0.355 e. The van der Waals surface area contributed by atoms with Crippen LogP contribution in [0.4, 0.5) is 14.6 Å². The van der Waals surface area contributed by atoms with E-state index >= 15 is 0 Å². The molecule has 0 spiro atoms. The van der Waals surface area contributed by atoms with Gasteiger partial charge in [-0.05, 0) is 66.9 Å². The number of para-hydroxylation sites is 1. The molecule has 4 aromatic carbocycles. The van der Waals surface area contributed by atoms with Crippen LogP contribution in [0.2, 0.25) is 0 Å². The van der Waals surface area contributed by atoms with E-state index < -0.39 is 11.7 Å². The summed E-state index contributed by atoms with van der Waals surface area (Å²) in [6.45, 7) is 5.75. The highest BCUT2D eigenvalue weighted by atomic mass is 19.1. The van der Waals surface area contributed by atoms with E-state index in [2.05, 4.69) is 9.80 Å². The molecule has 8 nitrogen and oxygen atoms in total. The maximum absolute atomic E-state index is 14.0. The summed E-state index contributed by atoms with van der Waals surface area (Å²) in [5.74, 6) is -0.749. The van der Waals surface area contributed by atoms with E-state index in [1.807, 2.05) is 60.7 Å². The van der Waals surface area contributed by atoms with Gasteiger partial charge in [0.15, 0.2) is 5.65 Å². The van der Waals surface area contributed by atoms with Crippen molar-refractivity contribution < 1.29 is 18.3 Å². The fourth-order valence-electron chi connectivity index (χ4n) is 6.83. The minimum atomic E-state index is -0.507. The Kier molecular flexibility index (Phi) is 9.19. The average Bonchev–Trinajstić information content (AvgIpc) is 3.13. The van der Waals surface area contributed by atoms with E-state index in [-0.39, 0.29) is 24.3 Å². The molecule has 0 amide bonds. The molecule has 252 valence electrons. The van der Waals surface area contributed by atoms with Gasteiger partial charge in [0.25, 0.3) is 0 Å². The molecule has 0 N–H and O–H groups in total. The first-order valence-electron chi connectivity index (χ1n) is 16.6. The number of halogens is 2. The summed E-state index contributed by atoms with van der Waals surface area (Å²) in [7, 11) is 0. The fourth-order valence-corrected chi connectivity index (χ4v) is 6.83. The van der Waals surface area contributed by atoms with Crippen LogP contribution in [0, 0.1) is 18.6 Å². The number of aromatic nitrogens is 3. The summed E-state index contributed by atoms with van der Waals surface area (Å²) in [4.78, 5) is 41.6. The summed E-state index contributed by atoms with van der Waals surface area (Å²) < 4.78 is 34.9. The number of aryl methyl sites for hydroxylation is 1. The summed E-state index contributed by atoms with van der Waals surface area (Å²) in [6.07, 6.45) is 0. The molecule has 6 aromatic rings. The molecule has 0 unspecified atom stereocenters. The van der Waals surface area contributed by atoms with Crippen LogP contribution in [0.25, 0.3) is 27.8 Å². The number of benzene rings is 4. The standard InChI is InChI=1S/C40H35F2N5O3/c1-3-50-39(48)33-26(2)43-38-35(34(33)27-10-6-4-7-11-27)37(44-40(49)47(38)32-12-8-5-9-13-32)46-24-22-45(23-25-46)36(28-14-18-30(41)19-15-28)29-16-20-31(42)21-17-29/h4-21,36H,3,22-25H2,1-2H3. The van der Waals surface area contributed by atoms with Gasteiger partial charge in [-0.2, -0.15) is 4.98 Å². The van der Waals surface area contributed by atoms with Crippen LogP contribution in [0.15, 0.2) is 114 Å². The number of hydrogen-bond acceptors (Lipinski definition) is 7. The molecule has 3 heterocycles. The van der Waals surface area contributed by atoms with Crippen molar-refractivity contribution in [3.05, 3.63) is 154 Å². The van der Waals surface area contributed by atoms with Gasteiger partial charge >= 0.3 is 11.7 Å². The number of carbonyl (C=O) groups is 1. The quantitative estimate of drug-likeness (QED) is 0.160. The number of nitrogens with zero attached hydrogens (tertiary/aromatic N) is 5. The first kappa shape index (κ1) is 32.8. The first-order chi connectivity index (χ1) is 24.3. The molecule has 0 aliphatic carbocycles. The van der Waals surface area contributed by atoms with E-state index in [0.717, 1.165) is 16.7 Å². The summed E-state index contributed by atoms with van der Waals surface area (Å²) in [6, 6.07) is 31.2. The lowest BCUT2D eigenvalue weighted by atomic mass is 9.94. The Morgan fingerprint density at radius 3 is 1.90 bits per heavy atom. The average molecular weight is 672 g/mol. The number of piperazine rings is 1. The lowest BCUT2D eigenvalue weighted by Gasteiger charge is -2.40. The highest BCUT2D eigenvalue weighted by Gasteiger charge is 2.32. The van der Waals surface area contributed by atoms with E-state index in [1.165, 1.54) is 28.8 Å². The van der Waals surface area contributed by atoms with E-state index in [9.17, 15) is 18.4 Å². The monoisotopic (exact) mass is 671 g/mol. The predicted octanol–water partition coefficient (Wildman–Crippen LogP) is 7.12. The molecule has 2 aromatic heterocycles. The van der Waals surface area contributed by atoms with Crippen molar-refractivity contribution in [3.8, 4) is 16.8 Å². The maximum atomic E-state index is 14.0. The lowest BCUT2D eigenvalue weighted by Crippen LogP contribution is -2.48. The number of carbonyl (C=O) groups excluding carboxylic acids is 1. The topological polar surface area (TPSA) is 80.6 Å². The van der Waals surface area contributed by atoms with Crippen LogP contribution in [-0.2, 0) is 4.74 Å². The van der Waals surface area contributed by atoms with Gasteiger partial charge in [-0.25, -0.2) is 27.9 Å². The molecule has 10 heteroatoms. The molecular formula is C40H35F2N5O3. The maximum Gasteiger partial charge on any atom is 0.355 e. The molecule has 0 saturated carbocycles. The van der Waals surface area contributed by atoms with Gasteiger partial charge in [0.1, 0.15) is 17.5 Å². The largest absolute Gasteiger partial charge is 0.462 e. The van der Waals surface area contributed by atoms with Crippen molar-refractivity contribution >= 4 is 22.8 Å². The zero-order valence-electron chi connectivity index (χ0n) is 27.7. The van der Waals surface area contributed by atoms with Crippen molar-refractivity contribution in [2.24, 2.45) is 0 Å². The second-order valence-corrected chi connectivity index (χ2v) is 12.1. The first-order valence-corrected chi connectivity index (χ1v) is 16.6. The summed E-state index contributed by atoms with van der Waals surface area (Å²) in [5.41, 5.74) is 4.36.